The van der Waals surface area contributed by atoms with Gasteiger partial charge < -0.3 is 4.74 Å². The Morgan fingerprint density at radius 1 is 1.41 bits per heavy atom. The minimum absolute atomic E-state index is 0.0521. The quantitative estimate of drug-likeness (QED) is 0.778. The standard InChI is InChI=1S/C15H16O2/c1-15(2)11-8-9-12(15)14(13(11)16)17-10-6-4-3-5-7-10/h3-6,8,11-12,14H,9H2,1-2H3. The number of hydrogen-bond donors (Lipinski definition) is 0. The molecule has 3 rings (SSSR count). The number of fused-ring (bicyclic) bond motifs is 2. The number of ether oxygens (including phenoxy) is 1. The van der Waals surface area contributed by atoms with Crippen molar-refractivity contribution >= 4 is 5.78 Å². The molecule has 2 heteroatoms. The number of benzene rings is 1. The molecule has 0 heterocycles. The van der Waals surface area contributed by atoms with Gasteiger partial charge in [-0.15, -0.1) is 0 Å². The highest BCUT2D eigenvalue weighted by Crippen LogP contribution is 2.55. The number of carbonyl (C=O) groups excluding carboxylic acids is 1. The molecule has 2 saturated carbocycles. The SMILES string of the molecule is CC1(C)C2[CH]CC1C(Oc1[c]cccc1)C2=O. The van der Waals surface area contributed by atoms with Crippen LogP contribution in [0.4, 0.5) is 0 Å². The van der Waals surface area contributed by atoms with Gasteiger partial charge in [0.15, 0.2) is 11.9 Å². The average molecular weight is 228 g/mol. The average Bonchev–Trinajstić information content (AvgIpc) is 2.69. The summed E-state index contributed by atoms with van der Waals surface area (Å²) in [7, 11) is 0. The molecule has 2 fully saturated rings. The van der Waals surface area contributed by atoms with Gasteiger partial charge in [0.25, 0.3) is 0 Å². The van der Waals surface area contributed by atoms with Crippen LogP contribution in [-0.2, 0) is 4.79 Å². The molecule has 2 aliphatic rings. The summed E-state index contributed by atoms with van der Waals surface area (Å²) in [6.07, 6.45) is 2.86. The second-order valence-corrected chi connectivity index (χ2v) is 5.54. The third-order valence-corrected chi connectivity index (χ3v) is 4.27. The van der Waals surface area contributed by atoms with E-state index in [0.29, 0.717) is 11.7 Å². The molecule has 2 aliphatic carbocycles. The van der Waals surface area contributed by atoms with Crippen LogP contribution >= 0.6 is 0 Å². The number of ketones is 1. The van der Waals surface area contributed by atoms with E-state index >= 15 is 0 Å². The van der Waals surface area contributed by atoms with Gasteiger partial charge in [0.05, 0.1) is 0 Å². The molecule has 17 heavy (non-hydrogen) atoms. The first-order valence-electron chi connectivity index (χ1n) is 6.11. The fourth-order valence-electron chi connectivity index (χ4n) is 3.22. The minimum atomic E-state index is -0.279. The van der Waals surface area contributed by atoms with Gasteiger partial charge in [-0.1, -0.05) is 32.0 Å². The molecule has 3 unspecified atom stereocenters. The smallest absolute Gasteiger partial charge is 0.177 e. The Labute approximate surface area is 102 Å². The van der Waals surface area contributed by atoms with E-state index in [0.717, 1.165) is 6.42 Å². The maximum Gasteiger partial charge on any atom is 0.177 e. The van der Waals surface area contributed by atoms with Crippen molar-refractivity contribution in [3.8, 4) is 5.75 Å². The topological polar surface area (TPSA) is 26.3 Å². The Bertz CT molecular complexity index is 435. The van der Waals surface area contributed by atoms with Crippen molar-refractivity contribution in [1.29, 1.82) is 0 Å². The fourth-order valence-corrected chi connectivity index (χ4v) is 3.22. The van der Waals surface area contributed by atoms with Crippen molar-refractivity contribution in [3.63, 3.8) is 0 Å². The number of rotatable bonds is 2. The summed E-state index contributed by atoms with van der Waals surface area (Å²) in [6, 6.07) is 10.5. The molecular formula is C15H16O2. The number of Topliss-reactive ketones (excluding diaryl/α,β-unsaturated/α-hetero) is 1. The first kappa shape index (κ1) is 10.8. The second-order valence-electron chi connectivity index (χ2n) is 5.54. The third kappa shape index (κ3) is 1.50. The summed E-state index contributed by atoms with van der Waals surface area (Å²) >= 11 is 0. The van der Waals surface area contributed by atoms with Gasteiger partial charge in [0.2, 0.25) is 0 Å². The Morgan fingerprint density at radius 3 is 2.82 bits per heavy atom. The van der Waals surface area contributed by atoms with Crippen molar-refractivity contribution in [3.05, 3.63) is 36.8 Å². The van der Waals surface area contributed by atoms with E-state index in [1.54, 1.807) is 0 Å². The highest BCUT2D eigenvalue weighted by molar-refractivity contribution is 5.92. The second kappa shape index (κ2) is 3.59. The lowest BCUT2D eigenvalue weighted by molar-refractivity contribution is -0.127. The maximum atomic E-state index is 12.2. The molecule has 2 radical (unpaired) electrons. The van der Waals surface area contributed by atoms with E-state index in [-0.39, 0.29) is 23.2 Å². The molecule has 0 amide bonds. The van der Waals surface area contributed by atoms with Crippen molar-refractivity contribution in [1.82, 2.24) is 0 Å². The summed E-state index contributed by atoms with van der Waals surface area (Å²) < 4.78 is 5.83. The molecule has 0 aromatic heterocycles. The van der Waals surface area contributed by atoms with E-state index in [1.165, 1.54) is 0 Å². The van der Waals surface area contributed by atoms with Gasteiger partial charge in [-0.25, -0.2) is 0 Å². The normalized spacial score (nSPS) is 34.0. The molecule has 88 valence electrons. The van der Waals surface area contributed by atoms with E-state index in [9.17, 15) is 4.79 Å². The predicted octanol–water partition coefficient (Wildman–Crippen LogP) is 2.68. The summed E-state index contributed by atoms with van der Waals surface area (Å²) in [6.45, 7) is 4.34. The molecule has 2 bridgehead atoms. The predicted molar refractivity (Wildman–Crippen MR) is 64.4 cm³/mol. The molecule has 0 aliphatic heterocycles. The zero-order valence-corrected chi connectivity index (χ0v) is 10.1. The van der Waals surface area contributed by atoms with Crippen molar-refractivity contribution < 1.29 is 9.53 Å². The molecule has 0 spiro atoms. The Hall–Kier alpha value is -1.31. The van der Waals surface area contributed by atoms with Crippen LogP contribution in [0.3, 0.4) is 0 Å². The zero-order valence-electron chi connectivity index (χ0n) is 10.1. The van der Waals surface area contributed by atoms with Crippen LogP contribution in [0, 0.1) is 29.7 Å². The highest BCUT2D eigenvalue weighted by Gasteiger charge is 2.60. The first-order valence-corrected chi connectivity index (χ1v) is 6.11. The van der Waals surface area contributed by atoms with Crippen molar-refractivity contribution in [2.45, 2.75) is 26.4 Å². The Kier molecular flexibility index (Phi) is 2.29. The molecular weight excluding hydrogens is 212 g/mol. The van der Waals surface area contributed by atoms with Crippen LogP contribution in [0.5, 0.6) is 5.75 Å². The first-order chi connectivity index (χ1) is 8.10. The molecule has 1 aromatic rings. The lowest BCUT2D eigenvalue weighted by Gasteiger charge is -2.25. The zero-order chi connectivity index (χ0) is 12.0. The largest absolute Gasteiger partial charge is 0.482 e. The minimum Gasteiger partial charge on any atom is -0.482 e. The van der Waals surface area contributed by atoms with Crippen LogP contribution in [0.25, 0.3) is 0 Å². The highest BCUT2D eigenvalue weighted by atomic mass is 16.5. The summed E-state index contributed by atoms with van der Waals surface area (Å²) in [5, 5.41) is 0. The molecule has 1 aromatic carbocycles. The van der Waals surface area contributed by atoms with Crippen LogP contribution in [0.1, 0.15) is 20.3 Å². The van der Waals surface area contributed by atoms with Crippen LogP contribution in [-0.4, -0.2) is 11.9 Å². The number of para-hydroxylation sites is 1. The molecule has 3 atom stereocenters. The lowest BCUT2D eigenvalue weighted by Crippen LogP contribution is -2.33. The third-order valence-electron chi connectivity index (χ3n) is 4.27. The van der Waals surface area contributed by atoms with E-state index in [1.807, 2.05) is 24.3 Å². The number of hydrogen-bond acceptors (Lipinski definition) is 2. The Morgan fingerprint density at radius 2 is 2.24 bits per heavy atom. The Balaban J connectivity index is 1.84. The van der Waals surface area contributed by atoms with Gasteiger partial charge in [0.1, 0.15) is 5.75 Å². The van der Waals surface area contributed by atoms with Gasteiger partial charge in [0, 0.05) is 17.9 Å². The molecule has 0 saturated heterocycles. The lowest BCUT2D eigenvalue weighted by atomic mass is 9.82. The summed E-state index contributed by atoms with van der Waals surface area (Å²) in [4.78, 5) is 12.2. The van der Waals surface area contributed by atoms with Crippen LogP contribution in [0.2, 0.25) is 0 Å². The summed E-state index contributed by atoms with van der Waals surface area (Å²) in [5.41, 5.74) is 0.0521. The maximum absolute atomic E-state index is 12.2. The van der Waals surface area contributed by atoms with E-state index in [2.05, 4.69) is 26.3 Å². The van der Waals surface area contributed by atoms with Gasteiger partial charge in [-0.3, -0.25) is 4.79 Å². The van der Waals surface area contributed by atoms with Crippen molar-refractivity contribution in [2.75, 3.05) is 0 Å². The fraction of sp³-hybridized carbons (Fsp3) is 0.467. The number of carbonyl (C=O) groups is 1. The summed E-state index contributed by atoms with van der Waals surface area (Å²) in [5.74, 6) is 1.30. The van der Waals surface area contributed by atoms with E-state index < -0.39 is 0 Å². The monoisotopic (exact) mass is 228 g/mol. The molecule has 2 nitrogen and oxygen atoms in total. The van der Waals surface area contributed by atoms with Crippen LogP contribution < -0.4 is 4.74 Å². The van der Waals surface area contributed by atoms with E-state index in [4.69, 9.17) is 4.74 Å². The van der Waals surface area contributed by atoms with Gasteiger partial charge in [-0.05, 0) is 24.3 Å². The molecule has 0 N–H and O–H groups in total. The van der Waals surface area contributed by atoms with Crippen molar-refractivity contribution in [2.24, 2.45) is 17.3 Å². The van der Waals surface area contributed by atoms with Crippen LogP contribution in [0.15, 0.2) is 24.3 Å². The van der Waals surface area contributed by atoms with Gasteiger partial charge in [-0.2, -0.15) is 0 Å². The van der Waals surface area contributed by atoms with Gasteiger partial charge >= 0.3 is 0 Å².